The van der Waals surface area contributed by atoms with Crippen LogP contribution in [0.3, 0.4) is 0 Å². The first kappa shape index (κ1) is 13.7. The van der Waals surface area contributed by atoms with Gasteiger partial charge in [0.25, 0.3) is 5.91 Å². The van der Waals surface area contributed by atoms with Crippen LogP contribution in [0.1, 0.15) is 41.2 Å². The van der Waals surface area contributed by atoms with E-state index in [4.69, 9.17) is 4.74 Å². The topological polar surface area (TPSA) is 58.2 Å². The van der Waals surface area contributed by atoms with Gasteiger partial charge in [0.2, 0.25) is 0 Å². The fourth-order valence-corrected chi connectivity index (χ4v) is 2.94. The van der Waals surface area contributed by atoms with Gasteiger partial charge in [0.15, 0.2) is 0 Å². The average molecular weight is 285 g/mol. The number of aromatic amines is 1. The highest BCUT2D eigenvalue weighted by molar-refractivity contribution is 5.97. The maximum atomic E-state index is 12.9. The molecule has 21 heavy (non-hydrogen) atoms. The number of nitrogens with one attached hydrogen (secondary N) is 1. The second-order valence-corrected chi connectivity index (χ2v) is 5.24. The number of methoxy groups -OCH3 is 1. The van der Waals surface area contributed by atoms with Crippen LogP contribution in [-0.4, -0.2) is 34.7 Å². The second kappa shape index (κ2) is 5.99. The van der Waals surface area contributed by atoms with E-state index in [1.54, 1.807) is 13.3 Å². The number of para-hydroxylation sites is 1. The van der Waals surface area contributed by atoms with Crippen molar-refractivity contribution in [2.75, 3.05) is 13.7 Å². The first-order chi connectivity index (χ1) is 10.3. The summed E-state index contributed by atoms with van der Waals surface area (Å²) in [5.74, 6) is 0.650. The Labute approximate surface area is 123 Å². The van der Waals surface area contributed by atoms with Crippen LogP contribution in [0.25, 0.3) is 0 Å². The van der Waals surface area contributed by atoms with Crippen LogP contribution >= 0.6 is 0 Å². The number of amides is 1. The van der Waals surface area contributed by atoms with E-state index in [1.165, 1.54) is 0 Å². The molecule has 0 radical (unpaired) electrons. The highest BCUT2D eigenvalue weighted by Gasteiger charge is 2.30. The molecule has 1 aromatic heterocycles. The molecule has 5 heteroatoms. The Morgan fingerprint density at radius 2 is 2.24 bits per heavy atom. The minimum atomic E-state index is 0.0263. The molecule has 3 rings (SSSR count). The van der Waals surface area contributed by atoms with E-state index < -0.39 is 0 Å². The fourth-order valence-electron chi connectivity index (χ4n) is 2.94. The van der Waals surface area contributed by atoms with Gasteiger partial charge in [-0.25, -0.2) is 0 Å². The summed E-state index contributed by atoms with van der Waals surface area (Å²) in [5.41, 5.74) is 1.69. The van der Waals surface area contributed by atoms with Gasteiger partial charge in [-0.2, -0.15) is 5.10 Å². The predicted octanol–water partition coefficient (Wildman–Crippen LogP) is 2.79. The number of nitrogens with zero attached hydrogens (tertiary/aromatic N) is 2. The lowest BCUT2D eigenvalue weighted by Gasteiger charge is -2.35. The molecule has 1 unspecified atom stereocenters. The summed E-state index contributed by atoms with van der Waals surface area (Å²) in [6.07, 6.45) is 6.82. The molecule has 1 fully saturated rings. The van der Waals surface area contributed by atoms with Crippen LogP contribution in [0.2, 0.25) is 0 Å². The van der Waals surface area contributed by atoms with Gasteiger partial charge in [-0.1, -0.05) is 12.1 Å². The smallest absolute Gasteiger partial charge is 0.258 e. The number of H-pyrrole nitrogens is 1. The highest BCUT2D eigenvalue weighted by Crippen LogP contribution is 2.33. The third-order valence-corrected chi connectivity index (χ3v) is 4.01. The Morgan fingerprint density at radius 3 is 3.00 bits per heavy atom. The number of carbonyl (C=O) groups excluding carboxylic acids is 1. The molecule has 2 aromatic rings. The standard InChI is InChI=1S/C16H19N3O2/c1-21-15-8-3-2-6-13(15)16(20)19-9-5-4-7-14(19)12-10-17-18-11-12/h2-3,6,8,10-11,14H,4-5,7,9H2,1H3,(H,17,18). The molecule has 1 N–H and O–H groups in total. The van der Waals surface area contributed by atoms with Crippen molar-refractivity contribution >= 4 is 5.91 Å². The molecule has 1 saturated heterocycles. The SMILES string of the molecule is COc1ccccc1C(=O)N1CCCCC1c1cn[nH]c1. The zero-order valence-electron chi connectivity index (χ0n) is 12.1. The Hall–Kier alpha value is -2.30. The van der Waals surface area contributed by atoms with Crippen molar-refractivity contribution in [2.24, 2.45) is 0 Å². The Bertz CT molecular complexity index is 610. The van der Waals surface area contributed by atoms with Gasteiger partial charge in [-0.05, 0) is 31.4 Å². The maximum Gasteiger partial charge on any atom is 0.258 e. The summed E-state index contributed by atoms with van der Waals surface area (Å²) in [5, 5.41) is 6.85. The average Bonchev–Trinajstić information content (AvgIpc) is 3.08. The summed E-state index contributed by atoms with van der Waals surface area (Å²) in [6.45, 7) is 0.771. The first-order valence-electron chi connectivity index (χ1n) is 7.24. The lowest BCUT2D eigenvalue weighted by molar-refractivity contribution is 0.0608. The maximum absolute atomic E-state index is 12.9. The molecule has 1 atom stereocenters. The van der Waals surface area contributed by atoms with Crippen molar-refractivity contribution in [3.8, 4) is 5.75 Å². The molecule has 110 valence electrons. The summed E-state index contributed by atoms with van der Waals surface area (Å²) >= 11 is 0. The van der Waals surface area contributed by atoms with Crippen molar-refractivity contribution < 1.29 is 9.53 Å². The van der Waals surface area contributed by atoms with Gasteiger partial charge in [0.1, 0.15) is 5.75 Å². The minimum absolute atomic E-state index is 0.0263. The van der Waals surface area contributed by atoms with Crippen LogP contribution in [0.4, 0.5) is 0 Å². The van der Waals surface area contributed by atoms with Crippen molar-refractivity contribution in [2.45, 2.75) is 25.3 Å². The molecule has 1 aliphatic rings. The van der Waals surface area contributed by atoms with Gasteiger partial charge in [-0.3, -0.25) is 9.89 Å². The summed E-state index contributed by atoms with van der Waals surface area (Å²) in [6, 6.07) is 7.48. The van der Waals surface area contributed by atoms with Crippen molar-refractivity contribution in [1.29, 1.82) is 0 Å². The zero-order chi connectivity index (χ0) is 14.7. The number of hydrogen-bond acceptors (Lipinski definition) is 3. The van der Waals surface area contributed by atoms with Crippen molar-refractivity contribution in [3.63, 3.8) is 0 Å². The number of ether oxygens (including phenoxy) is 1. The van der Waals surface area contributed by atoms with Gasteiger partial charge in [0.05, 0.1) is 24.9 Å². The van der Waals surface area contributed by atoms with Gasteiger partial charge in [0, 0.05) is 18.3 Å². The number of carbonyl (C=O) groups is 1. The van der Waals surface area contributed by atoms with Gasteiger partial charge < -0.3 is 9.64 Å². The van der Waals surface area contributed by atoms with Gasteiger partial charge in [-0.15, -0.1) is 0 Å². The van der Waals surface area contributed by atoms with Gasteiger partial charge >= 0.3 is 0 Å². The van der Waals surface area contributed by atoms with E-state index in [-0.39, 0.29) is 11.9 Å². The number of rotatable bonds is 3. The quantitative estimate of drug-likeness (QED) is 0.943. The lowest BCUT2D eigenvalue weighted by Crippen LogP contribution is -2.38. The van der Waals surface area contributed by atoms with Crippen LogP contribution in [0.15, 0.2) is 36.7 Å². The molecular weight excluding hydrogens is 266 g/mol. The molecule has 0 saturated carbocycles. The Kier molecular flexibility index (Phi) is 3.90. The number of hydrogen-bond donors (Lipinski definition) is 1. The molecule has 0 aliphatic carbocycles. The zero-order valence-corrected chi connectivity index (χ0v) is 12.1. The number of aromatic nitrogens is 2. The molecule has 5 nitrogen and oxygen atoms in total. The molecule has 2 heterocycles. The highest BCUT2D eigenvalue weighted by atomic mass is 16.5. The molecule has 1 amide bonds. The van der Waals surface area contributed by atoms with E-state index in [2.05, 4.69) is 10.2 Å². The first-order valence-corrected chi connectivity index (χ1v) is 7.24. The van der Waals surface area contributed by atoms with Crippen LogP contribution in [0, 0.1) is 0 Å². The number of benzene rings is 1. The number of piperidine rings is 1. The largest absolute Gasteiger partial charge is 0.496 e. The van der Waals surface area contributed by atoms with E-state index in [9.17, 15) is 4.79 Å². The normalized spacial score (nSPS) is 18.5. The Morgan fingerprint density at radius 1 is 1.38 bits per heavy atom. The predicted molar refractivity (Wildman–Crippen MR) is 79.2 cm³/mol. The summed E-state index contributed by atoms with van der Waals surface area (Å²) in [4.78, 5) is 14.8. The fraction of sp³-hybridized carbons (Fsp3) is 0.375. The van der Waals surface area contributed by atoms with Crippen LogP contribution in [-0.2, 0) is 0 Å². The number of likely N-dealkylation sites (tertiary alicyclic amines) is 1. The summed E-state index contributed by atoms with van der Waals surface area (Å²) in [7, 11) is 1.59. The molecule has 1 aliphatic heterocycles. The Balaban J connectivity index is 1.91. The second-order valence-electron chi connectivity index (χ2n) is 5.24. The lowest BCUT2D eigenvalue weighted by atomic mass is 9.96. The van der Waals surface area contributed by atoms with E-state index in [1.807, 2.05) is 35.4 Å². The van der Waals surface area contributed by atoms with Crippen LogP contribution in [0.5, 0.6) is 5.75 Å². The molecular formula is C16H19N3O2. The van der Waals surface area contributed by atoms with E-state index >= 15 is 0 Å². The molecule has 0 spiro atoms. The van der Waals surface area contributed by atoms with E-state index in [0.717, 1.165) is 31.4 Å². The van der Waals surface area contributed by atoms with Crippen molar-refractivity contribution in [1.82, 2.24) is 15.1 Å². The third kappa shape index (κ3) is 2.63. The van der Waals surface area contributed by atoms with Crippen molar-refractivity contribution in [3.05, 3.63) is 47.8 Å². The molecule has 0 bridgehead atoms. The monoisotopic (exact) mass is 285 g/mol. The summed E-state index contributed by atoms with van der Waals surface area (Å²) < 4.78 is 5.32. The third-order valence-electron chi connectivity index (χ3n) is 4.01. The molecule has 1 aromatic carbocycles. The minimum Gasteiger partial charge on any atom is -0.496 e. The van der Waals surface area contributed by atoms with E-state index in [0.29, 0.717) is 11.3 Å². The van der Waals surface area contributed by atoms with Crippen LogP contribution < -0.4 is 4.74 Å².